The summed E-state index contributed by atoms with van der Waals surface area (Å²) < 4.78 is 0. The van der Waals surface area contributed by atoms with Gasteiger partial charge < -0.3 is 5.11 Å². The van der Waals surface area contributed by atoms with E-state index in [1.807, 2.05) is 0 Å². The van der Waals surface area contributed by atoms with Crippen LogP contribution in [0.4, 0.5) is 0 Å². The van der Waals surface area contributed by atoms with Gasteiger partial charge >= 0.3 is 5.97 Å². The zero-order chi connectivity index (χ0) is 21.3. The Morgan fingerprint density at radius 2 is 0.862 bits per heavy atom. The summed E-state index contributed by atoms with van der Waals surface area (Å²) in [6.07, 6.45) is 26.7. The molecule has 0 aliphatic heterocycles. The molecule has 0 aliphatic rings. The number of carbonyl (C=O) groups is 1. The average molecular weight is 415 g/mol. The van der Waals surface area contributed by atoms with Gasteiger partial charge in [-0.1, -0.05) is 116 Å². The second kappa shape index (κ2) is 25.3. The Morgan fingerprint density at radius 1 is 0.552 bits per heavy atom. The maximum atomic E-state index is 10.4. The zero-order valence-corrected chi connectivity index (χ0v) is 19.0. The normalized spacial score (nSPS) is 11.2. The van der Waals surface area contributed by atoms with Gasteiger partial charge in [0.05, 0.1) is 0 Å². The predicted octanol–water partition coefficient (Wildman–Crippen LogP) is 5.74. The second-order valence-corrected chi connectivity index (χ2v) is 8.41. The van der Waals surface area contributed by atoms with E-state index in [1.54, 1.807) is 0 Å². The maximum absolute atomic E-state index is 10.4. The Morgan fingerprint density at radius 3 is 1.17 bits per heavy atom. The summed E-state index contributed by atoms with van der Waals surface area (Å²) >= 11 is 0. The summed E-state index contributed by atoms with van der Waals surface area (Å²) in [5.41, 5.74) is 8.03. The highest BCUT2D eigenvalue weighted by atomic mass is 16.4. The molecule has 0 atom stereocenters. The lowest BCUT2D eigenvalue weighted by Gasteiger charge is -2.05. The molecule has 0 aliphatic carbocycles. The first-order valence-corrected chi connectivity index (χ1v) is 12.4. The van der Waals surface area contributed by atoms with E-state index in [4.69, 9.17) is 10.9 Å². The molecule has 0 spiro atoms. The van der Waals surface area contributed by atoms with Crippen molar-refractivity contribution in [3.8, 4) is 0 Å². The molecule has 0 radical (unpaired) electrons. The number of aliphatic carboxylic acids is 1. The van der Waals surface area contributed by atoms with E-state index in [0.29, 0.717) is 6.42 Å². The Labute approximate surface area is 180 Å². The van der Waals surface area contributed by atoms with Gasteiger partial charge in [0.2, 0.25) is 0 Å². The van der Waals surface area contributed by atoms with E-state index in [9.17, 15) is 4.79 Å². The van der Waals surface area contributed by atoms with E-state index in [2.05, 4.69) is 16.5 Å². The van der Waals surface area contributed by atoms with Crippen molar-refractivity contribution in [1.82, 2.24) is 16.5 Å². The van der Waals surface area contributed by atoms with Gasteiger partial charge in [0, 0.05) is 13.0 Å². The summed E-state index contributed by atoms with van der Waals surface area (Å²) in [6.45, 7) is 0.959. The Hall–Kier alpha value is -0.690. The number of carboxylic acid groups (broad SMARTS) is 1. The zero-order valence-electron chi connectivity index (χ0n) is 19.0. The molecule has 29 heavy (non-hydrogen) atoms. The van der Waals surface area contributed by atoms with Crippen molar-refractivity contribution in [3.63, 3.8) is 0 Å². The van der Waals surface area contributed by atoms with Crippen LogP contribution in [0.3, 0.4) is 0 Å². The SMILES string of the molecule is NNNNCCCCCCCCCCCCCCCCCCCCCCC(=O)O. The third kappa shape index (κ3) is 27.3. The predicted molar refractivity (Wildman–Crippen MR) is 123 cm³/mol. The number of hydrazine groups is 3. The van der Waals surface area contributed by atoms with Gasteiger partial charge in [0.15, 0.2) is 0 Å². The lowest BCUT2D eigenvalue weighted by Crippen LogP contribution is -2.47. The van der Waals surface area contributed by atoms with Crippen LogP contribution in [0.25, 0.3) is 0 Å². The minimum absolute atomic E-state index is 0.338. The molecule has 0 aromatic heterocycles. The quantitative estimate of drug-likeness (QED) is 0.0742. The lowest BCUT2D eigenvalue weighted by molar-refractivity contribution is -0.137. The van der Waals surface area contributed by atoms with Crippen LogP contribution >= 0.6 is 0 Å². The standard InChI is InChI=1S/C23H50N4O2/c24-26-27-25-22-20-18-16-14-12-10-8-6-4-2-1-3-5-7-9-11-13-15-17-19-21-23(28)29/h25-27H,1-22,24H2,(H,28,29). The lowest BCUT2D eigenvalue weighted by atomic mass is 10.0. The third-order valence-electron chi connectivity index (χ3n) is 5.60. The highest BCUT2D eigenvalue weighted by Gasteiger charge is 1.97. The molecule has 0 aromatic rings. The Balaban J connectivity index is 2.99. The van der Waals surface area contributed by atoms with Crippen LogP contribution in [0, 0.1) is 0 Å². The maximum Gasteiger partial charge on any atom is 0.303 e. The number of nitrogens with two attached hydrogens (primary N) is 1. The summed E-state index contributed by atoms with van der Waals surface area (Å²) in [7, 11) is 0. The molecule has 0 heterocycles. The number of hydrogen-bond donors (Lipinski definition) is 5. The molecule has 0 amide bonds. The first kappa shape index (κ1) is 28.3. The van der Waals surface area contributed by atoms with Gasteiger partial charge in [0.1, 0.15) is 0 Å². The van der Waals surface area contributed by atoms with Crippen LogP contribution in [0.2, 0.25) is 0 Å². The topological polar surface area (TPSA) is 99.4 Å². The molecule has 0 aromatic carbocycles. The fourth-order valence-corrected chi connectivity index (χ4v) is 3.79. The van der Waals surface area contributed by atoms with Gasteiger partial charge in [-0.05, 0) is 12.8 Å². The van der Waals surface area contributed by atoms with E-state index in [1.165, 1.54) is 116 Å². The van der Waals surface area contributed by atoms with Crippen LogP contribution in [0.1, 0.15) is 135 Å². The Kier molecular flexibility index (Phi) is 24.7. The third-order valence-corrected chi connectivity index (χ3v) is 5.60. The minimum atomic E-state index is -0.657. The highest BCUT2D eigenvalue weighted by Crippen LogP contribution is 2.15. The number of rotatable bonds is 25. The van der Waals surface area contributed by atoms with Crippen LogP contribution in [-0.4, -0.2) is 17.6 Å². The molecular formula is C23H50N4O2. The van der Waals surface area contributed by atoms with E-state index in [-0.39, 0.29) is 0 Å². The largest absolute Gasteiger partial charge is 0.481 e. The number of unbranched alkanes of at least 4 members (excludes halogenated alkanes) is 19. The van der Waals surface area contributed by atoms with Crippen molar-refractivity contribution >= 4 is 5.97 Å². The fraction of sp³-hybridized carbons (Fsp3) is 0.957. The summed E-state index contributed by atoms with van der Waals surface area (Å²) in [5, 5.41) is 8.58. The molecule has 0 unspecified atom stereocenters. The first-order valence-electron chi connectivity index (χ1n) is 12.4. The van der Waals surface area contributed by atoms with Crippen molar-refractivity contribution in [3.05, 3.63) is 0 Å². The van der Waals surface area contributed by atoms with Gasteiger partial charge in [-0.2, -0.15) is 11.1 Å². The minimum Gasteiger partial charge on any atom is -0.481 e. The fourth-order valence-electron chi connectivity index (χ4n) is 3.79. The molecule has 0 saturated heterocycles. The van der Waals surface area contributed by atoms with Crippen molar-refractivity contribution < 1.29 is 9.90 Å². The molecule has 6 nitrogen and oxygen atoms in total. The first-order chi connectivity index (χ1) is 14.3. The van der Waals surface area contributed by atoms with Crippen LogP contribution in [0.5, 0.6) is 0 Å². The van der Waals surface area contributed by atoms with Crippen LogP contribution in [0.15, 0.2) is 0 Å². The molecule has 174 valence electrons. The monoisotopic (exact) mass is 414 g/mol. The van der Waals surface area contributed by atoms with E-state index in [0.717, 1.165) is 19.4 Å². The summed E-state index contributed by atoms with van der Waals surface area (Å²) in [5.74, 6) is 4.43. The molecule has 6 N–H and O–H groups in total. The van der Waals surface area contributed by atoms with Gasteiger partial charge in [-0.25, -0.2) is 5.43 Å². The molecule has 0 saturated carbocycles. The van der Waals surface area contributed by atoms with E-state index < -0.39 is 5.97 Å². The number of carboxylic acids is 1. The second-order valence-electron chi connectivity index (χ2n) is 8.41. The van der Waals surface area contributed by atoms with Crippen molar-refractivity contribution in [2.24, 2.45) is 5.84 Å². The van der Waals surface area contributed by atoms with Crippen LogP contribution < -0.4 is 22.3 Å². The van der Waals surface area contributed by atoms with Crippen molar-refractivity contribution in [2.45, 2.75) is 135 Å². The van der Waals surface area contributed by atoms with Gasteiger partial charge in [0.25, 0.3) is 0 Å². The summed E-state index contributed by atoms with van der Waals surface area (Å²) in [4.78, 5) is 10.4. The van der Waals surface area contributed by atoms with Gasteiger partial charge in [-0.3, -0.25) is 10.6 Å². The van der Waals surface area contributed by atoms with Gasteiger partial charge in [-0.15, -0.1) is 0 Å². The smallest absolute Gasteiger partial charge is 0.303 e. The van der Waals surface area contributed by atoms with Crippen molar-refractivity contribution in [2.75, 3.05) is 6.54 Å². The number of hydrogen-bond acceptors (Lipinski definition) is 5. The Bertz CT molecular complexity index is 330. The molecule has 0 fully saturated rings. The van der Waals surface area contributed by atoms with Crippen molar-refractivity contribution in [1.29, 1.82) is 0 Å². The number of nitrogens with one attached hydrogen (secondary N) is 3. The molecule has 0 bridgehead atoms. The molecule has 6 heteroatoms. The molecular weight excluding hydrogens is 364 g/mol. The van der Waals surface area contributed by atoms with Crippen LogP contribution in [-0.2, 0) is 4.79 Å². The average Bonchev–Trinajstić information content (AvgIpc) is 2.71. The highest BCUT2D eigenvalue weighted by molar-refractivity contribution is 5.66. The molecule has 0 rings (SSSR count). The van der Waals surface area contributed by atoms with E-state index >= 15 is 0 Å². The summed E-state index contributed by atoms with van der Waals surface area (Å²) in [6, 6.07) is 0.